The average Bonchev–Trinajstić information content (AvgIpc) is 3.22. The van der Waals surface area contributed by atoms with Crippen LogP contribution in [-0.4, -0.2) is 18.1 Å². The van der Waals surface area contributed by atoms with E-state index < -0.39 is 5.97 Å². The summed E-state index contributed by atoms with van der Waals surface area (Å²) < 4.78 is 10.9. The van der Waals surface area contributed by atoms with E-state index in [4.69, 9.17) is 20.2 Å². The summed E-state index contributed by atoms with van der Waals surface area (Å²) in [7, 11) is 1.63. The van der Waals surface area contributed by atoms with E-state index >= 15 is 0 Å². The first kappa shape index (κ1) is 21.7. The fourth-order valence-electron chi connectivity index (χ4n) is 3.79. The highest BCUT2D eigenvalue weighted by Crippen LogP contribution is 2.42. The van der Waals surface area contributed by atoms with Crippen LogP contribution in [0.4, 0.5) is 5.69 Å². The summed E-state index contributed by atoms with van der Waals surface area (Å²) in [6.07, 6.45) is 0. The predicted molar refractivity (Wildman–Crippen MR) is 138 cm³/mol. The number of rotatable bonds is 5. The Hall–Kier alpha value is -4.16. The van der Waals surface area contributed by atoms with Gasteiger partial charge in [-0.3, -0.25) is 0 Å². The number of methoxy groups -OCH3 is 1. The van der Waals surface area contributed by atoms with Gasteiger partial charge in [-0.05, 0) is 48.4 Å². The smallest absolute Gasteiger partial charge is 0.355 e. The van der Waals surface area contributed by atoms with Gasteiger partial charge in [0.1, 0.15) is 21.2 Å². The van der Waals surface area contributed by atoms with E-state index in [-0.39, 0.29) is 0 Å². The van der Waals surface area contributed by atoms with Gasteiger partial charge in [-0.25, -0.2) is 9.78 Å². The maximum atomic E-state index is 13.0. The van der Waals surface area contributed by atoms with Crippen LogP contribution in [0.25, 0.3) is 32.6 Å². The van der Waals surface area contributed by atoms with Crippen molar-refractivity contribution in [1.29, 1.82) is 0 Å². The fraction of sp³-hybridized carbons (Fsp3) is 0.0714. The van der Waals surface area contributed by atoms with Crippen LogP contribution in [0.5, 0.6) is 11.5 Å². The zero-order chi connectivity index (χ0) is 23.7. The van der Waals surface area contributed by atoms with Crippen LogP contribution in [0.3, 0.4) is 0 Å². The first-order valence-electron chi connectivity index (χ1n) is 10.7. The van der Waals surface area contributed by atoms with E-state index in [1.807, 2.05) is 79.7 Å². The largest absolute Gasteiger partial charge is 0.497 e. The number of ether oxygens (including phenoxy) is 2. The number of carbonyl (C=O) groups excluding carboxylic acids is 1. The number of aryl methyl sites for hydroxylation is 1. The molecule has 5 aromatic rings. The molecule has 168 valence electrons. The summed E-state index contributed by atoms with van der Waals surface area (Å²) in [6.45, 7) is 1.98. The van der Waals surface area contributed by atoms with Crippen LogP contribution in [-0.2, 0) is 0 Å². The molecule has 0 atom stereocenters. The van der Waals surface area contributed by atoms with E-state index in [0.29, 0.717) is 21.1 Å². The molecule has 3 aromatic carbocycles. The summed E-state index contributed by atoms with van der Waals surface area (Å²) in [5.74, 6) is 0.741. The van der Waals surface area contributed by atoms with Crippen LogP contribution in [0.2, 0.25) is 0 Å². The Labute approximate surface area is 201 Å². The van der Waals surface area contributed by atoms with E-state index in [1.54, 1.807) is 19.2 Å². The summed E-state index contributed by atoms with van der Waals surface area (Å²) in [4.78, 5) is 18.9. The molecular weight excluding hydrogens is 444 g/mol. The minimum Gasteiger partial charge on any atom is -0.497 e. The second-order valence-electron chi connectivity index (χ2n) is 7.88. The van der Waals surface area contributed by atoms with Crippen molar-refractivity contribution in [1.82, 2.24) is 4.98 Å². The molecule has 0 aliphatic carbocycles. The van der Waals surface area contributed by atoms with Crippen molar-refractivity contribution in [3.05, 3.63) is 95.4 Å². The lowest BCUT2D eigenvalue weighted by Crippen LogP contribution is -2.08. The number of pyridine rings is 1. The van der Waals surface area contributed by atoms with Crippen molar-refractivity contribution < 1.29 is 14.3 Å². The zero-order valence-corrected chi connectivity index (χ0v) is 19.6. The molecule has 34 heavy (non-hydrogen) atoms. The second-order valence-corrected chi connectivity index (χ2v) is 8.88. The fourth-order valence-corrected chi connectivity index (χ4v) is 4.78. The van der Waals surface area contributed by atoms with Gasteiger partial charge in [0, 0.05) is 10.9 Å². The van der Waals surface area contributed by atoms with Gasteiger partial charge in [0.2, 0.25) is 0 Å². The maximum Gasteiger partial charge on any atom is 0.355 e. The van der Waals surface area contributed by atoms with E-state index in [2.05, 4.69) is 0 Å². The van der Waals surface area contributed by atoms with Gasteiger partial charge < -0.3 is 15.2 Å². The molecule has 2 aromatic heterocycles. The number of nitrogens with zero attached hydrogens (tertiary/aromatic N) is 1. The third kappa shape index (κ3) is 4.11. The number of thiophene rings is 1. The zero-order valence-electron chi connectivity index (χ0n) is 18.7. The van der Waals surface area contributed by atoms with Crippen LogP contribution >= 0.6 is 11.3 Å². The minimum atomic E-state index is -0.494. The van der Waals surface area contributed by atoms with Gasteiger partial charge >= 0.3 is 5.97 Å². The highest BCUT2D eigenvalue weighted by Gasteiger charge is 2.23. The summed E-state index contributed by atoms with van der Waals surface area (Å²) in [6, 6.07) is 27.0. The van der Waals surface area contributed by atoms with Crippen LogP contribution in [0.1, 0.15) is 15.2 Å². The lowest BCUT2D eigenvalue weighted by atomic mass is 9.99. The Bertz CT molecular complexity index is 1470. The normalized spacial score (nSPS) is 10.9. The molecule has 0 aliphatic heterocycles. The number of aromatic nitrogens is 1. The number of nitrogens with two attached hydrogens (primary N) is 1. The number of hydrogen-bond acceptors (Lipinski definition) is 6. The molecule has 0 fully saturated rings. The second kappa shape index (κ2) is 9.00. The Morgan fingerprint density at radius 1 is 0.882 bits per heavy atom. The van der Waals surface area contributed by atoms with Gasteiger partial charge in [0.05, 0.1) is 18.5 Å². The van der Waals surface area contributed by atoms with Gasteiger partial charge in [-0.1, -0.05) is 60.2 Å². The van der Waals surface area contributed by atoms with E-state index in [0.717, 1.165) is 39.1 Å². The topological polar surface area (TPSA) is 74.4 Å². The van der Waals surface area contributed by atoms with Gasteiger partial charge in [0.15, 0.2) is 0 Å². The number of esters is 1. The Kier molecular flexibility index (Phi) is 5.74. The first-order chi connectivity index (χ1) is 16.5. The van der Waals surface area contributed by atoms with Gasteiger partial charge in [-0.2, -0.15) is 0 Å². The van der Waals surface area contributed by atoms with Crippen LogP contribution < -0.4 is 15.2 Å². The van der Waals surface area contributed by atoms with Gasteiger partial charge in [-0.15, -0.1) is 11.3 Å². The Morgan fingerprint density at radius 3 is 2.24 bits per heavy atom. The molecular formula is C28H22N2O3S. The average molecular weight is 467 g/mol. The molecule has 0 unspecified atom stereocenters. The maximum absolute atomic E-state index is 13.0. The molecule has 0 aliphatic rings. The van der Waals surface area contributed by atoms with Crippen molar-refractivity contribution >= 4 is 33.2 Å². The standard InChI is InChI=1S/C28H22N2O3S/c1-17-8-12-21(13-9-17)33-28(31)26-25(29)24-22(18-10-14-20(32-2)15-11-18)16-23(30-27(24)34-26)19-6-4-3-5-7-19/h3-16H,29H2,1-2H3. The van der Waals surface area contributed by atoms with Gasteiger partial charge in [0.25, 0.3) is 0 Å². The van der Waals surface area contributed by atoms with E-state index in [9.17, 15) is 4.79 Å². The molecule has 2 N–H and O–H groups in total. The SMILES string of the molecule is COc1ccc(-c2cc(-c3ccccc3)nc3sc(C(=O)Oc4ccc(C)cc4)c(N)c23)cc1. The molecule has 0 radical (unpaired) electrons. The molecule has 0 saturated carbocycles. The number of hydrogen-bond donors (Lipinski definition) is 1. The first-order valence-corrected chi connectivity index (χ1v) is 11.6. The molecule has 5 rings (SSSR count). The highest BCUT2D eigenvalue weighted by atomic mass is 32.1. The highest BCUT2D eigenvalue weighted by molar-refractivity contribution is 7.21. The van der Waals surface area contributed by atoms with Crippen molar-refractivity contribution in [2.45, 2.75) is 6.92 Å². The number of benzene rings is 3. The van der Waals surface area contributed by atoms with E-state index in [1.165, 1.54) is 11.3 Å². The lowest BCUT2D eigenvalue weighted by Gasteiger charge is -2.10. The number of anilines is 1. The molecule has 2 heterocycles. The van der Waals surface area contributed by atoms with Crippen molar-refractivity contribution in [2.24, 2.45) is 0 Å². The summed E-state index contributed by atoms with van der Waals surface area (Å²) >= 11 is 1.24. The third-order valence-electron chi connectivity index (χ3n) is 5.59. The molecule has 6 heteroatoms. The molecule has 0 amide bonds. The molecule has 5 nitrogen and oxygen atoms in total. The number of fused-ring (bicyclic) bond motifs is 1. The number of carbonyl (C=O) groups is 1. The predicted octanol–water partition coefficient (Wildman–Crippen LogP) is 6.75. The quantitative estimate of drug-likeness (QED) is 0.229. The lowest BCUT2D eigenvalue weighted by molar-refractivity contribution is 0.0741. The van der Waals surface area contributed by atoms with Crippen LogP contribution in [0.15, 0.2) is 84.9 Å². The molecule has 0 bridgehead atoms. The minimum absolute atomic E-state index is 0.336. The Balaban J connectivity index is 1.65. The van der Waals surface area contributed by atoms with Crippen molar-refractivity contribution in [2.75, 3.05) is 12.8 Å². The van der Waals surface area contributed by atoms with Crippen LogP contribution in [0, 0.1) is 6.92 Å². The summed E-state index contributed by atoms with van der Waals surface area (Å²) in [5.41, 5.74) is 11.6. The molecule has 0 spiro atoms. The monoisotopic (exact) mass is 466 g/mol. The number of nitrogen functional groups attached to an aromatic ring is 1. The van der Waals surface area contributed by atoms with Crippen molar-refractivity contribution in [3.63, 3.8) is 0 Å². The van der Waals surface area contributed by atoms with Crippen molar-refractivity contribution in [3.8, 4) is 33.9 Å². The molecule has 0 saturated heterocycles. The third-order valence-corrected chi connectivity index (χ3v) is 6.67. The summed E-state index contributed by atoms with van der Waals surface area (Å²) in [5, 5.41) is 0.741. The Morgan fingerprint density at radius 2 is 1.56 bits per heavy atom.